The highest BCUT2D eigenvalue weighted by Gasteiger charge is 2.07. The maximum Gasteiger partial charge on any atom is -0.00612 e. The van der Waals surface area contributed by atoms with E-state index in [1.807, 2.05) is 0 Å². The second kappa shape index (κ2) is 6.96. The standard InChI is InChI=1S/C22H25/c1-3-5-9-17-13-21-15-19-11-7-8-12-20(19)16-22(21)14-18(17)10-6-4-2/h7-8,11-13,15-16H,3-6,9-10H2,1-2H3. The molecular formula is C22H25. The van der Waals surface area contributed by atoms with Gasteiger partial charge in [0.2, 0.25) is 0 Å². The van der Waals surface area contributed by atoms with Gasteiger partial charge in [-0.25, -0.2) is 0 Å². The van der Waals surface area contributed by atoms with Crippen molar-refractivity contribution >= 4 is 21.5 Å². The summed E-state index contributed by atoms with van der Waals surface area (Å²) in [5.74, 6) is 0. The molecule has 0 amide bonds. The van der Waals surface area contributed by atoms with Gasteiger partial charge in [0, 0.05) is 0 Å². The lowest BCUT2D eigenvalue weighted by Gasteiger charge is -2.12. The molecule has 0 spiro atoms. The topological polar surface area (TPSA) is 0 Å². The molecular weight excluding hydrogens is 264 g/mol. The Kier molecular flexibility index (Phi) is 4.77. The van der Waals surface area contributed by atoms with E-state index in [9.17, 15) is 0 Å². The van der Waals surface area contributed by atoms with E-state index in [-0.39, 0.29) is 0 Å². The zero-order chi connectivity index (χ0) is 15.4. The summed E-state index contributed by atoms with van der Waals surface area (Å²) in [7, 11) is 0. The molecule has 22 heavy (non-hydrogen) atoms. The van der Waals surface area contributed by atoms with Crippen molar-refractivity contribution in [3.63, 3.8) is 0 Å². The zero-order valence-electron chi connectivity index (χ0n) is 13.8. The van der Waals surface area contributed by atoms with Gasteiger partial charge in [0.25, 0.3) is 0 Å². The number of fused-ring (bicyclic) bond motifs is 2. The lowest BCUT2D eigenvalue weighted by atomic mass is 9.93. The SMILES string of the molecule is CCCCc1[c]c2cc3ccccc3cc2cc1CCCC. The summed E-state index contributed by atoms with van der Waals surface area (Å²) in [6.45, 7) is 4.53. The third-order valence-corrected chi connectivity index (χ3v) is 4.50. The molecule has 0 heteroatoms. The Morgan fingerprint density at radius 1 is 0.773 bits per heavy atom. The van der Waals surface area contributed by atoms with E-state index in [1.54, 1.807) is 0 Å². The van der Waals surface area contributed by atoms with Crippen LogP contribution in [0.1, 0.15) is 50.7 Å². The van der Waals surface area contributed by atoms with E-state index in [0.29, 0.717) is 0 Å². The Labute approximate surface area is 134 Å². The monoisotopic (exact) mass is 289 g/mol. The minimum absolute atomic E-state index is 1.16. The summed E-state index contributed by atoms with van der Waals surface area (Å²) >= 11 is 0. The zero-order valence-corrected chi connectivity index (χ0v) is 13.8. The Hall–Kier alpha value is -1.82. The van der Waals surface area contributed by atoms with Gasteiger partial charge in [0.05, 0.1) is 0 Å². The minimum Gasteiger partial charge on any atom is -0.0654 e. The molecule has 0 nitrogen and oxygen atoms in total. The number of rotatable bonds is 6. The van der Waals surface area contributed by atoms with Crippen LogP contribution in [0.5, 0.6) is 0 Å². The lowest BCUT2D eigenvalue weighted by molar-refractivity contribution is 0.759. The summed E-state index contributed by atoms with van der Waals surface area (Å²) in [4.78, 5) is 0. The van der Waals surface area contributed by atoms with Crippen molar-refractivity contribution < 1.29 is 0 Å². The molecule has 113 valence electrons. The molecule has 0 aliphatic carbocycles. The molecule has 1 radical (unpaired) electrons. The van der Waals surface area contributed by atoms with Crippen LogP contribution >= 0.6 is 0 Å². The van der Waals surface area contributed by atoms with Crippen molar-refractivity contribution in [1.29, 1.82) is 0 Å². The van der Waals surface area contributed by atoms with Crippen LogP contribution in [0.3, 0.4) is 0 Å². The Morgan fingerprint density at radius 2 is 1.45 bits per heavy atom. The van der Waals surface area contributed by atoms with Gasteiger partial charge < -0.3 is 0 Å². The number of hydrogen-bond donors (Lipinski definition) is 0. The van der Waals surface area contributed by atoms with Crippen LogP contribution in [-0.4, -0.2) is 0 Å². The van der Waals surface area contributed by atoms with Crippen LogP contribution in [0.25, 0.3) is 21.5 Å². The molecule has 0 atom stereocenters. The molecule has 0 heterocycles. The van der Waals surface area contributed by atoms with Crippen LogP contribution in [-0.2, 0) is 12.8 Å². The molecule has 0 fully saturated rings. The molecule has 0 unspecified atom stereocenters. The van der Waals surface area contributed by atoms with Crippen LogP contribution in [0, 0.1) is 6.07 Å². The van der Waals surface area contributed by atoms with Crippen molar-refractivity contribution in [3.8, 4) is 0 Å². The van der Waals surface area contributed by atoms with E-state index in [0.717, 1.165) is 6.42 Å². The summed E-state index contributed by atoms with van der Waals surface area (Å²) in [5, 5.41) is 5.25. The predicted octanol–water partition coefficient (Wildman–Crippen LogP) is 6.48. The van der Waals surface area contributed by atoms with Crippen LogP contribution in [0.2, 0.25) is 0 Å². The fourth-order valence-electron chi connectivity index (χ4n) is 3.17. The Bertz CT molecular complexity index is 701. The van der Waals surface area contributed by atoms with Gasteiger partial charge in [0.15, 0.2) is 0 Å². The minimum atomic E-state index is 1.16. The highest BCUT2D eigenvalue weighted by molar-refractivity contribution is 5.98. The van der Waals surface area contributed by atoms with Crippen molar-refractivity contribution in [2.75, 3.05) is 0 Å². The predicted molar refractivity (Wildman–Crippen MR) is 97.5 cm³/mol. The van der Waals surface area contributed by atoms with Crippen molar-refractivity contribution in [1.82, 2.24) is 0 Å². The van der Waals surface area contributed by atoms with Gasteiger partial charge in [-0.1, -0.05) is 57.0 Å². The van der Waals surface area contributed by atoms with Crippen LogP contribution in [0.15, 0.2) is 42.5 Å². The van der Waals surface area contributed by atoms with Crippen LogP contribution < -0.4 is 0 Å². The quantitative estimate of drug-likeness (QED) is 0.456. The van der Waals surface area contributed by atoms with E-state index in [4.69, 9.17) is 0 Å². The third kappa shape index (κ3) is 3.16. The number of unbranched alkanes of at least 4 members (excludes halogenated alkanes) is 2. The van der Waals surface area contributed by atoms with Crippen molar-refractivity contribution in [2.45, 2.75) is 52.4 Å². The molecule has 0 aromatic heterocycles. The van der Waals surface area contributed by atoms with Gasteiger partial charge >= 0.3 is 0 Å². The number of aryl methyl sites for hydroxylation is 2. The fraction of sp³-hybridized carbons (Fsp3) is 0.364. The van der Waals surface area contributed by atoms with E-state index in [2.05, 4.69) is 62.4 Å². The third-order valence-electron chi connectivity index (χ3n) is 4.50. The Balaban J connectivity index is 2.11. The smallest absolute Gasteiger partial charge is 0.00612 e. The average Bonchev–Trinajstić information content (AvgIpc) is 2.55. The largest absolute Gasteiger partial charge is 0.0654 e. The first kappa shape index (κ1) is 15.1. The molecule has 3 aromatic carbocycles. The first-order chi connectivity index (χ1) is 10.8. The summed E-state index contributed by atoms with van der Waals surface area (Å²) < 4.78 is 0. The molecule has 0 saturated heterocycles. The normalized spacial score (nSPS) is 11.4. The molecule has 0 bridgehead atoms. The maximum absolute atomic E-state index is 3.73. The maximum atomic E-state index is 3.73. The highest BCUT2D eigenvalue weighted by Crippen LogP contribution is 2.27. The van der Waals surface area contributed by atoms with E-state index in [1.165, 1.54) is 64.8 Å². The number of hydrogen-bond acceptors (Lipinski definition) is 0. The fourth-order valence-corrected chi connectivity index (χ4v) is 3.17. The molecule has 0 saturated carbocycles. The molecule has 0 aliphatic rings. The van der Waals surface area contributed by atoms with Crippen molar-refractivity contribution in [3.05, 3.63) is 59.7 Å². The van der Waals surface area contributed by atoms with E-state index >= 15 is 0 Å². The van der Waals surface area contributed by atoms with Crippen LogP contribution in [0.4, 0.5) is 0 Å². The van der Waals surface area contributed by atoms with Crippen molar-refractivity contribution in [2.24, 2.45) is 0 Å². The molecule has 0 N–H and O–H groups in total. The second-order valence-corrected chi connectivity index (χ2v) is 6.27. The Morgan fingerprint density at radius 3 is 2.18 bits per heavy atom. The molecule has 3 aromatic rings. The molecule has 3 rings (SSSR count). The van der Waals surface area contributed by atoms with Gasteiger partial charge in [-0.05, 0) is 76.6 Å². The summed E-state index contributed by atoms with van der Waals surface area (Å²) in [6.07, 6.45) is 7.38. The average molecular weight is 289 g/mol. The first-order valence-corrected chi connectivity index (χ1v) is 8.68. The first-order valence-electron chi connectivity index (χ1n) is 8.68. The van der Waals surface area contributed by atoms with E-state index < -0.39 is 0 Å². The lowest BCUT2D eigenvalue weighted by Crippen LogP contribution is -1.96. The number of benzene rings is 3. The highest BCUT2D eigenvalue weighted by atomic mass is 14.1. The molecule has 0 aliphatic heterocycles. The van der Waals surface area contributed by atoms with Gasteiger partial charge in [-0.3, -0.25) is 0 Å². The summed E-state index contributed by atoms with van der Waals surface area (Å²) in [6, 6.07) is 19.4. The van der Waals surface area contributed by atoms with Gasteiger partial charge in [-0.2, -0.15) is 0 Å². The van der Waals surface area contributed by atoms with Gasteiger partial charge in [-0.15, -0.1) is 0 Å². The second-order valence-electron chi connectivity index (χ2n) is 6.27. The summed E-state index contributed by atoms with van der Waals surface area (Å²) in [5.41, 5.74) is 2.95. The van der Waals surface area contributed by atoms with Gasteiger partial charge in [0.1, 0.15) is 0 Å².